The van der Waals surface area contributed by atoms with Gasteiger partial charge in [-0.05, 0) is 6.42 Å². The van der Waals surface area contributed by atoms with Crippen molar-refractivity contribution in [1.29, 1.82) is 0 Å². The number of rotatable bonds is 5. The summed E-state index contributed by atoms with van der Waals surface area (Å²) in [4.78, 5) is 14.8. The lowest BCUT2D eigenvalue weighted by Crippen LogP contribution is -2.50. The number of hydrogen-bond acceptors (Lipinski definition) is 3. The van der Waals surface area contributed by atoms with E-state index < -0.39 is 36.8 Å². The second-order valence-corrected chi connectivity index (χ2v) is 2.97. The predicted octanol–water partition coefficient (Wildman–Crippen LogP) is 3.00. The zero-order chi connectivity index (χ0) is 14.8. The molecule has 0 aliphatic rings. The van der Waals surface area contributed by atoms with Crippen LogP contribution in [0.15, 0.2) is 0 Å². The van der Waals surface area contributed by atoms with Crippen molar-refractivity contribution in [2.24, 2.45) is 0 Å². The first-order valence-electron chi connectivity index (χ1n) is 4.22. The van der Waals surface area contributed by atoms with Crippen LogP contribution in [-0.4, -0.2) is 30.3 Å². The number of hydrogen-bond donors (Lipinski definition) is 0. The quantitative estimate of drug-likeness (QED) is 0.443. The van der Waals surface area contributed by atoms with Crippen molar-refractivity contribution >= 4 is 5.97 Å². The van der Waals surface area contributed by atoms with Crippen molar-refractivity contribution in [2.75, 3.05) is 0 Å². The van der Waals surface area contributed by atoms with Gasteiger partial charge in [-0.2, -0.15) is 30.7 Å². The first-order chi connectivity index (χ1) is 7.86. The van der Waals surface area contributed by atoms with E-state index in [2.05, 4.69) is 9.78 Å². The Kier molecular flexibility index (Phi) is 4.91. The van der Waals surface area contributed by atoms with E-state index >= 15 is 0 Å². The molecule has 0 heterocycles. The molecule has 1 atom stereocenters. The van der Waals surface area contributed by atoms with Gasteiger partial charge in [0.15, 0.2) is 6.17 Å². The van der Waals surface area contributed by atoms with Crippen molar-refractivity contribution in [2.45, 2.75) is 37.7 Å². The van der Waals surface area contributed by atoms with Gasteiger partial charge in [-0.15, -0.1) is 4.89 Å². The van der Waals surface area contributed by atoms with Gasteiger partial charge in [-0.1, -0.05) is 6.92 Å². The largest absolute Gasteiger partial charge is 0.494 e. The molecule has 11 heteroatoms. The Morgan fingerprint density at radius 2 is 1.56 bits per heavy atom. The highest BCUT2D eigenvalue weighted by molar-refractivity contribution is 5.74. The number of alkyl halides is 8. The van der Waals surface area contributed by atoms with Crippen LogP contribution in [0.1, 0.15) is 13.3 Å². The molecule has 0 saturated heterocycles. The van der Waals surface area contributed by atoms with Crippen LogP contribution >= 0.6 is 0 Å². The number of halogens is 8. The van der Waals surface area contributed by atoms with E-state index in [0.29, 0.717) is 0 Å². The Morgan fingerprint density at radius 1 is 1.11 bits per heavy atom. The van der Waals surface area contributed by atoms with Crippen LogP contribution in [0.5, 0.6) is 0 Å². The topological polar surface area (TPSA) is 35.5 Å². The van der Waals surface area contributed by atoms with Gasteiger partial charge in [0.1, 0.15) is 0 Å². The van der Waals surface area contributed by atoms with Crippen LogP contribution in [0.25, 0.3) is 0 Å². The minimum Gasteiger partial charge on any atom is -0.282 e. The maximum atomic E-state index is 12.6. The monoisotopic (exact) mass is 290 g/mol. The lowest BCUT2D eigenvalue weighted by molar-refractivity contribution is -0.475. The summed E-state index contributed by atoms with van der Waals surface area (Å²) >= 11 is 0. The van der Waals surface area contributed by atoms with E-state index in [4.69, 9.17) is 0 Å². The van der Waals surface area contributed by atoms with E-state index in [0.717, 1.165) is 6.92 Å². The third kappa shape index (κ3) is 3.68. The molecule has 0 amide bonds. The van der Waals surface area contributed by atoms with Crippen molar-refractivity contribution in [3.05, 3.63) is 0 Å². The third-order valence-electron chi connectivity index (χ3n) is 1.59. The zero-order valence-electron chi connectivity index (χ0n) is 8.53. The molecule has 0 saturated carbocycles. The summed E-state index contributed by atoms with van der Waals surface area (Å²) in [6.07, 6.45) is -15.9. The molecule has 18 heavy (non-hydrogen) atoms. The fraction of sp³-hybridized carbons (Fsp3) is 0.857. The second kappa shape index (κ2) is 5.24. The van der Waals surface area contributed by atoms with E-state index in [-0.39, 0.29) is 0 Å². The van der Waals surface area contributed by atoms with Gasteiger partial charge in [0.05, 0.1) is 0 Å². The van der Waals surface area contributed by atoms with E-state index in [1.807, 2.05) is 0 Å². The molecular weight excluding hydrogens is 284 g/mol. The molecule has 108 valence electrons. The van der Waals surface area contributed by atoms with Crippen molar-refractivity contribution < 1.29 is 49.7 Å². The molecular formula is C7H6F8O3. The van der Waals surface area contributed by atoms with Gasteiger partial charge < -0.3 is 0 Å². The van der Waals surface area contributed by atoms with Gasteiger partial charge >= 0.3 is 24.2 Å². The average molecular weight is 290 g/mol. The fourth-order valence-corrected chi connectivity index (χ4v) is 0.632. The van der Waals surface area contributed by atoms with Crippen LogP contribution in [0.3, 0.4) is 0 Å². The minimum absolute atomic E-state index is 0.788. The van der Waals surface area contributed by atoms with Crippen molar-refractivity contribution in [3.8, 4) is 0 Å². The van der Waals surface area contributed by atoms with Crippen molar-refractivity contribution in [1.82, 2.24) is 0 Å². The summed E-state index contributed by atoms with van der Waals surface area (Å²) in [6, 6.07) is 0. The molecule has 0 rings (SSSR count). The Labute approximate surface area is 94.6 Å². The molecule has 0 aromatic heterocycles. The molecule has 0 radical (unpaired) electrons. The van der Waals surface area contributed by atoms with Crippen LogP contribution in [-0.2, 0) is 14.6 Å². The summed E-state index contributed by atoms with van der Waals surface area (Å²) in [6.45, 7) is 0.788. The van der Waals surface area contributed by atoms with Crippen LogP contribution < -0.4 is 0 Å². The van der Waals surface area contributed by atoms with Crippen LogP contribution in [0.4, 0.5) is 35.1 Å². The standard InChI is InChI=1S/C7H6F8O3/c1-2-3(8)5(9,10)7(14,15)18-17-4(16)6(11,12)13/h3H,2H2,1H3. The Balaban J connectivity index is 4.72. The first kappa shape index (κ1) is 16.9. The fourth-order valence-electron chi connectivity index (χ4n) is 0.632. The highest BCUT2D eigenvalue weighted by Crippen LogP contribution is 2.40. The maximum absolute atomic E-state index is 12.6. The molecule has 0 aliphatic carbocycles. The first-order valence-corrected chi connectivity index (χ1v) is 4.22. The van der Waals surface area contributed by atoms with E-state index in [1.54, 1.807) is 0 Å². The molecule has 0 fully saturated rings. The molecule has 3 nitrogen and oxygen atoms in total. The smallest absolute Gasteiger partial charge is 0.282 e. The highest BCUT2D eigenvalue weighted by atomic mass is 19.4. The van der Waals surface area contributed by atoms with Gasteiger partial charge in [0, 0.05) is 0 Å². The lowest BCUT2D eigenvalue weighted by Gasteiger charge is -2.26. The van der Waals surface area contributed by atoms with E-state index in [9.17, 15) is 39.9 Å². The third-order valence-corrected chi connectivity index (χ3v) is 1.59. The highest BCUT2D eigenvalue weighted by Gasteiger charge is 2.65. The number of carbonyl (C=O) groups excluding carboxylic acids is 1. The maximum Gasteiger partial charge on any atom is 0.494 e. The van der Waals surface area contributed by atoms with Crippen LogP contribution in [0, 0.1) is 0 Å². The summed E-state index contributed by atoms with van der Waals surface area (Å²) in [5.74, 6) is -8.72. The van der Waals surface area contributed by atoms with Gasteiger partial charge in [0.2, 0.25) is 0 Å². The second-order valence-electron chi connectivity index (χ2n) is 2.97. The molecule has 0 N–H and O–H groups in total. The summed E-state index contributed by atoms with van der Waals surface area (Å²) in [5, 5.41) is 0. The Bertz CT molecular complexity index is 300. The summed E-state index contributed by atoms with van der Waals surface area (Å²) < 4.78 is 97.2. The minimum atomic E-state index is -5.73. The van der Waals surface area contributed by atoms with Crippen molar-refractivity contribution in [3.63, 3.8) is 0 Å². The molecule has 0 bridgehead atoms. The number of carbonyl (C=O) groups is 1. The SMILES string of the molecule is CCC(F)C(F)(F)C(F)(F)OOC(=O)C(F)(F)F. The van der Waals surface area contributed by atoms with E-state index in [1.165, 1.54) is 0 Å². The summed E-state index contributed by atoms with van der Waals surface area (Å²) in [7, 11) is 0. The lowest BCUT2D eigenvalue weighted by atomic mass is 10.1. The molecule has 0 aliphatic heterocycles. The zero-order valence-corrected chi connectivity index (χ0v) is 8.53. The normalized spacial score (nSPS) is 15.4. The molecule has 0 spiro atoms. The Hall–Kier alpha value is -1.13. The predicted molar refractivity (Wildman–Crippen MR) is 38.3 cm³/mol. The molecule has 0 aromatic carbocycles. The van der Waals surface area contributed by atoms with Gasteiger partial charge in [0.25, 0.3) is 0 Å². The average Bonchev–Trinajstić information content (AvgIpc) is 2.22. The molecule has 0 aromatic rings. The summed E-state index contributed by atoms with van der Waals surface area (Å²) in [5.41, 5.74) is 0. The van der Waals surface area contributed by atoms with Gasteiger partial charge in [-0.3, -0.25) is 4.89 Å². The van der Waals surface area contributed by atoms with Crippen LogP contribution in [0.2, 0.25) is 0 Å². The Morgan fingerprint density at radius 3 is 1.89 bits per heavy atom. The molecule has 1 unspecified atom stereocenters. The van der Waals surface area contributed by atoms with Gasteiger partial charge in [-0.25, -0.2) is 9.18 Å².